The topological polar surface area (TPSA) is 85.5 Å². The highest BCUT2D eigenvalue weighted by Crippen LogP contribution is 2.29. The highest BCUT2D eigenvalue weighted by molar-refractivity contribution is 8.18. The maximum atomic E-state index is 12.0. The maximum Gasteiger partial charge on any atom is 0.264 e. The summed E-state index contributed by atoms with van der Waals surface area (Å²) in [6.07, 6.45) is 1.68. The number of hydrogen-bond acceptors (Lipinski definition) is 5. The number of nitriles is 1. The fourth-order valence-electron chi connectivity index (χ4n) is 2.02. The number of aromatic hydroxyl groups is 1. The van der Waals surface area contributed by atoms with E-state index in [-0.39, 0.29) is 11.7 Å². The molecule has 3 rings (SSSR count). The number of thioether (sulfide) groups is 1. The molecule has 1 amide bonds. The fraction of sp³-hybridized carbons (Fsp3) is 0. The van der Waals surface area contributed by atoms with Gasteiger partial charge in [0, 0.05) is 0 Å². The number of amidine groups is 1. The number of phenolic OH excluding ortho intramolecular Hbond substituents is 1. The average Bonchev–Trinajstić information content (AvgIpc) is 2.87. The Morgan fingerprint density at radius 2 is 2.04 bits per heavy atom. The number of carbonyl (C=O) groups excluding carboxylic acids is 1. The Morgan fingerprint density at radius 3 is 2.83 bits per heavy atom. The standard InChI is InChI=1S/C17H11N3O2S/c18-10-12-5-1-2-7-14(12)19-17-20-16(22)15(23-17)9-11-4-3-6-13(21)8-11/h1-9,21H,(H,19,20,22)/b15-9-. The second-order valence-electron chi connectivity index (χ2n) is 4.71. The molecule has 23 heavy (non-hydrogen) atoms. The lowest BCUT2D eigenvalue weighted by Gasteiger charge is -1.98. The minimum atomic E-state index is -0.258. The molecule has 2 aromatic carbocycles. The van der Waals surface area contributed by atoms with Crippen molar-refractivity contribution in [2.45, 2.75) is 0 Å². The predicted molar refractivity (Wildman–Crippen MR) is 90.1 cm³/mol. The van der Waals surface area contributed by atoms with Crippen molar-refractivity contribution >= 4 is 34.6 Å². The summed E-state index contributed by atoms with van der Waals surface area (Å²) < 4.78 is 0. The van der Waals surface area contributed by atoms with Gasteiger partial charge < -0.3 is 10.4 Å². The summed E-state index contributed by atoms with van der Waals surface area (Å²) in [5.41, 5.74) is 1.68. The Bertz CT molecular complexity index is 881. The Labute approximate surface area is 137 Å². The second kappa shape index (κ2) is 6.38. The summed E-state index contributed by atoms with van der Waals surface area (Å²) in [5, 5.41) is 21.6. The molecule has 0 spiro atoms. The van der Waals surface area contributed by atoms with Crippen LogP contribution in [0.25, 0.3) is 6.08 Å². The normalized spacial score (nSPS) is 17.3. The molecular formula is C17H11N3O2S. The molecule has 5 nitrogen and oxygen atoms in total. The van der Waals surface area contributed by atoms with Gasteiger partial charge in [0.15, 0.2) is 5.17 Å². The molecule has 0 bridgehead atoms. The zero-order valence-electron chi connectivity index (χ0n) is 11.9. The summed E-state index contributed by atoms with van der Waals surface area (Å²) in [4.78, 5) is 16.8. The van der Waals surface area contributed by atoms with Crippen LogP contribution in [0.15, 0.2) is 58.4 Å². The molecule has 0 atom stereocenters. The third kappa shape index (κ3) is 3.42. The van der Waals surface area contributed by atoms with Gasteiger partial charge in [0.25, 0.3) is 5.91 Å². The smallest absolute Gasteiger partial charge is 0.264 e. The third-order valence-corrected chi connectivity index (χ3v) is 3.98. The molecular weight excluding hydrogens is 310 g/mol. The van der Waals surface area contributed by atoms with E-state index >= 15 is 0 Å². The molecule has 6 heteroatoms. The minimum Gasteiger partial charge on any atom is -0.508 e. The zero-order valence-corrected chi connectivity index (χ0v) is 12.7. The molecule has 1 aliphatic rings. The van der Waals surface area contributed by atoms with Crippen molar-refractivity contribution in [2.24, 2.45) is 4.99 Å². The monoisotopic (exact) mass is 321 g/mol. The molecule has 0 saturated carbocycles. The van der Waals surface area contributed by atoms with Crippen molar-refractivity contribution in [1.29, 1.82) is 5.26 Å². The Hall–Kier alpha value is -3.04. The number of carbonyl (C=O) groups is 1. The van der Waals surface area contributed by atoms with E-state index < -0.39 is 0 Å². The van der Waals surface area contributed by atoms with Gasteiger partial charge in [-0.05, 0) is 47.7 Å². The molecule has 2 N–H and O–H groups in total. The molecule has 0 radical (unpaired) electrons. The van der Waals surface area contributed by atoms with Crippen LogP contribution in [-0.2, 0) is 4.79 Å². The largest absolute Gasteiger partial charge is 0.508 e. The van der Waals surface area contributed by atoms with Gasteiger partial charge in [-0.15, -0.1) is 0 Å². The Kier molecular flexibility index (Phi) is 4.13. The first-order valence-electron chi connectivity index (χ1n) is 6.73. The fourth-order valence-corrected chi connectivity index (χ4v) is 2.86. The van der Waals surface area contributed by atoms with Gasteiger partial charge in [0.1, 0.15) is 11.8 Å². The van der Waals surface area contributed by atoms with Crippen LogP contribution in [0, 0.1) is 11.3 Å². The molecule has 1 saturated heterocycles. The van der Waals surface area contributed by atoms with E-state index in [9.17, 15) is 9.90 Å². The van der Waals surface area contributed by atoms with Gasteiger partial charge in [-0.3, -0.25) is 4.79 Å². The molecule has 1 heterocycles. The summed E-state index contributed by atoms with van der Waals surface area (Å²) >= 11 is 1.19. The first-order chi connectivity index (χ1) is 11.2. The number of para-hydroxylation sites is 1. The van der Waals surface area contributed by atoms with Crippen LogP contribution in [0.2, 0.25) is 0 Å². The van der Waals surface area contributed by atoms with E-state index in [1.807, 2.05) is 0 Å². The second-order valence-corrected chi connectivity index (χ2v) is 5.74. The summed E-state index contributed by atoms with van der Waals surface area (Å²) in [6.45, 7) is 0. The van der Waals surface area contributed by atoms with Crippen molar-refractivity contribution in [1.82, 2.24) is 5.32 Å². The van der Waals surface area contributed by atoms with E-state index in [1.165, 1.54) is 11.8 Å². The molecule has 1 fully saturated rings. The van der Waals surface area contributed by atoms with Crippen molar-refractivity contribution in [3.8, 4) is 11.8 Å². The van der Waals surface area contributed by atoms with Crippen molar-refractivity contribution in [3.63, 3.8) is 0 Å². The van der Waals surface area contributed by atoms with Crippen LogP contribution in [0.4, 0.5) is 5.69 Å². The SMILES string of the molecule is N#Cc1ccccc1N=C1NC(=O)/C(=C/c2cccc(O)c2)S1. The first-order valence-corrected chi connectivity index (χ1v) is 7.55. The van der Waals surface area contributed by atoms with E-state index in [1.54, 1.807) is 54.6 Å². The third-order valence-electron chi connectivity index (χ3n) is 3.07. The number of rotatable bonds is 2. The van der Waals surface area contributed by atoms with Crippen LogP contribution < -0.4 is 5.32 Å². The van der Waals surface area contributed by atoms with Gasteiger partial charge in [-0.25, -0.2) is 4.99 Å². The molecule has 2 aromatic rings. The minimum absolute atomic E-state index is 0.139. The summed E-state index contributed by atoms with van der Waals surface area (Å²) in [7, 11) is 0. The van der Waals surface area contributed by atoms with E-state index in [4.69, 9.17) is 5.26 Å². The number of phenols is 1. The number of amides is 1. The average molecular weight is 321 g/mol. The first kappa shape index (κ1) is 14.9. The molecule has 0 aliphatic carbocycles. The lowest BCUT2D eigenvalue weighted by atomic mass is 10.2. The molecule has 0 unspecified atom stereocenters. The van der Waals surface area contributed by atoms with Crippen LogP contribution in [-0.4, -0.2) is 16.2 Å². The number of nitrogens with one attached hydrogen (secondary N) is 1. The number of nitrogens with zero attached hydrogens (tertiary/aromatic N) is 2. The quantitative estimate of drug-likeness (QED) is 0.832. The summed E-state index contributed by atoms with van der Waals surface area (Å²) in [5.74, 6) is -0.119. The van der Waals surface area contributed by atoms with E-state index in [0.29, 0.717) is 21.3 Å². The lowest BCUT2D eigenvalue weighted by molar-refractivity contribution is -0.115. The van der Waals surface area contributed by atoms with Crippen LogP contribution in [0.3, 0.4) is 0 Å². The molecule has 112 valence electrons. The van der Waals surface area contributed by atoms with Crippen LogP contribution in [0.5, 0.6) is 5.75 Å². The Balaban J connectivity index is 1.88. The van der Waals surface area contributed by atoms with Crippen LogP contribution in [0.1, 0.15) is 11.1 Å². The Morgan fingerprint density at radius 1 is 1.22 bits per heavy atom. The van der Waals surface area contributed by atoms with Gasteiger partial charge in [-0.2, -0.15) is 5.26 Å². The molecule has 1 aliphatic heterocycles. The van der Waals surface area contributed by atoms with Gasteiger partial charge in [0.05, 0.1) is 16.2 Å². The van der Waals surface area contributed by atoms with Crippen LogP contribution >= 0.6 is 11.8 Å². The highest BCUT2D eigenvalue weighted by Gasteiger charge is 2.24. The zero-order chi connectivity index (χ0) is 16.2. The van der Waals surface area contributed by atoms with Crippen molar-refractivity contribution < 1.29 is 9.90 Å². The number of benzene rings is 2. The van der Waals surface area contributed by atoms with Crippen molar-refractivity contribution in [3.05, 3.63) is 64.6 Å². The summed E-state index contributed by atoms with van der Waals surface area (Å²) in [6, 6.07) is 15.6. The predicted octanol–water partition coefficient (Wildman–Crippen LogP) is 3.16. The highest BCUT2D eigenvalue weighted by atomic mass is 32.2. The van der Waals surface area contributed by atoms with Gasteiger partial charge in [0.2, 0.25) is 0 Å². The van der Waals surface area contributed by atoms with E-state index in [0.717, 1.165) is 5.56 Å². The van der Waals surface area contributed by atoms with Crippen molar-refractivity contribution in [2.75, 3.05) is 0 Å². The lowest BCUT2D eigenvalue weighted by Crippen LogP contribution is -2.19. The van der Waals surface area contributed by atoms with Gasteiger partial charge in [-0.1, -0.05) is 24.3 Å². The van der Waals surface area contributed by atoms with E-state index in [2.05, 4.69) is 16.4 Å². The molecule has 0 aromatic heterocycles. The maximum absolute atomic E-state index is 12.0. The number of aliphatic imine (C=N–C) groups is 1. The van der Waals surface area contributed by atoms with Gasteiger partial charge >= 0.3 is 0 Å². The number of hydrogen-bond donors (Lipinski definition) is 2.